The molecule has 0 bridgehead atoms. The zero-order chi connectivity index (χ0) is 24.1. The average Bonchev–Trinajstić information content (AvgIpc) is 2.73. The smallest absolute Gasteiger partial charge is 0.254 e. The summed E-state index contributed by atoms with van der Waals surface area (Å²) in [5.74, 6) is 0.247. The summed E-state index contributed by atoms with van der Waals surface area (Å²) in [6.07, 6.45) is 7.34. The number of hydrogen-bond donors (Lipinski definition) is 2. The molecule has 1 aromatic carbocycles. The number of nitrogens with zero attached hydrogens (tertiary/aromatic N) is 1. The van der Waals surface area contributed by atoms with Gasteiger partial charge in [-0.25, -0.2) is 4.39 Å². The molecule has 2 amide bonds. The van der Waals surface area contributed by atoms with Crippen molar-refractivity contribution in [2.75, 3.05) is 32.8 Å². The van der Waals surface area contributed by atoms with Crippen LogP contribution in [0.5, 0.6) is 5.75 Å². The molecule has 1 aliphatic carbocycles. The lowest BCUT2D eigenvalue weighted by Gasteiger charge is -2.52. The number of hydrogen-bond acceptors (Lipinski definition) is 4. The molecule has 0 radical (unpaired) electrons. The van der Waals surface area contributed by atoms with E-state index in [1.807, 2.05) is 0 Å². The van der Waals surface area contributed by atoms with Gasteiger partial charge in [-0.2, -0.15) is 0 Å². The molecule has 6 nitrogen and oxygen atoms in total. The number of carbonyl (C=O) groups is 2. The van der Waals surface area contributed by atoms with Crippen molar-refractivity contribution in [3.8, 4) is 5.75 Å². The molecule has 1 heterocycles. The number of likely N-dealkylation sites (tertiary alicyclic amines) is 1. The van der Waals surface area contributed by atoms with Gasteiger partial charge in [0.15, 0.2) is 0 Å². The molecular formula is C26H39FN2O4. The minimum Gasteiger partial charge on any atom is -0.493 e. The van der Waals surface area contributed by atoms with Crippen LogP contribution in [0.4, 0.5) is 4.39 Å². The van der Waals surface area contributed by atoms with Crippen LogP contribution in [-0.4, -0.2) is 54.7 Å². The third-order valence-corrected chi connectivity index (χ3v) is 6.91. The summed E-state index contributed by atoms with van der Waals surface area (Å²) >= 11 is 0. The van der Waals surface area contributed by atoms with Crippen molar-refractivity contribution in [2.45, 2.75) is 65.7 Å². The van der Waals surface area contributed by atoms with Crippen LogP contribution in [-0.2, 0) is 4.79 Å². The zero-order valence-corrected chi connectivity index (χ0v) is 20.3. The van der Waals surface area contributed by atoms with Gasteiger partial charge in [-0.3, -0.25) is 9.59 Å². The zero-order valence-electron chi connectivity index (χ0n) is 20.3. The Bertz CT molecular complexity index is 820. The molecule has 1 saturated heterocycles. The van der Waals surface area contributed by atoms with Gasteiger partial charge in [0.2, 0.25) is 5.91 Å². The van der Waals surface area contributed by atoms with E-state index in [1.165, 1.54) is 25.0 Å². The maximum absolute atomic E-state index is 14.2. The molecule has 2 fully saturated rings. The first-order valence-corrected chi connectivity index (χ1v) is 12.2. The molecule has 7 heteroatoms. The molecule has 0 aromatic heterocycles. The van der Waals surface area contributed by atoms with Gasteiger partial charge in [0.05, 0.1) is 18.8 Å². The molecule has 184 valence electrons. The van der Waals surface area contributed by atoms with Crippen molar-refractivity contribution >= 4 is 11.8 Å². The van der Waals surface area contributed by atoms with E-state index in [1.54, 1.807) is 6.07 Å². The number of aliphatic hydroxyl groups is 1. The number of ether oxygens (including phenoxy) is 1. The highest BCUT2D eigenvalue weighted by molar-refractivity contribution is 5.94. The molecule has 2 N–H and O–H groups in total. The Kier molecular flexibility index (Phi) is 8.38. The standard InChI is InChI=1S/C26H39FN2O4/c1-25(2,3)18-23(31)29-11-8-26(9-12-29)16-19(17-26)5-4-14-33-20-6-7-21(22(27)15-20)24(32)28-10-13-30/h6-7,15,19,30H,4-5,8-14,16-18H2,1-3H3,(H,28,32). The highest BCUT2D eigenvalue weighted by atomic mass is 19.1. The SMILES string of the molecule is CC(C)(C)CC(=O)N1CCC2(CC1)CC(CCCOc1ccc(C(=O)NCCO)c(F)c1)C2. The molecule has 1 saturated carbocycles. The number of halogens is 1. The minimum atomic E-state index is -0.629. The summed E-state index contributed by atoms with van der Waals surface area (Å²) in [5, 5.41) is 11.2. The summed E-state index contributed by atoms with van der Waals surface area (Å²) in [6.45, 7) is 8.55. The fourth-order valence-electron chi connectivity index (χ4n) is 5.17. The van der Waals surface area contributed by atoms with E-state index >= 15 is 0 Å². The molecule has 2 aliphatic rings. The van der Waals surface area contributed by atoms with E-state index in [2.05, 4.69) is 31.0 Å². The van der Waals surface area contributed by atoms with Crippen LogP contribution in [0.3, 0.4) is 0 Å². The van der Waals surface area contributed by atoms with Crippen molar-refractivity contribution in [3.05, 3.63) is 29.6 Å². The van der Waals surface area contributed by atoms with Crippen molar-refractivity contribution in [2.24, 2.45) is 16.7 Å². The van der Waals surface area contributed by atoms with Crippen LogP contribution in [0.25, 0.3) is 0 Å². The van der Waals surface area contributed by atoms with Gasteiger partial charge >= 0.3 is 0 Å². The van der Waals surface area contributed by atoms with Crippen molar-refractivity contribution in [1.29, 1.82) is 0 Å². The number of piperidine rings is 1. The summed E-state index contributed by atoms with van der Waals surface area (Å²) in [5.41, 5.74) is 0.416. The first-order chi connectivity index (χ1) is 15.6. The summed E-state index contributed by atoms with van der Waals surface area (Å²) in [4.78, 5) is 26.3. The predicted octanol–water partition coefficient (Wildman–Crippen LogP) is 4.16. The van der Waals surface area contributed by atoms with Crippen molar-refractivity contribution < 1.29 is 23.8 Å². The Morgan fingerprint density at radius 2 is 1.94 bits per heavy atom. The molecular weight excluding hydrogens is 423 g/mol. The third kappa shape index (κ3) is 7.16. The molecule has 1 aliphatic heterocycles. The summed E-state index contributed by atoms with van der Waals surface area (Å²) in [6, 6.07) is 4.25. The second kappa shape index (κ2) is 10.9. The Labute approximate surface area is 196 Å². The van der Waals surface area contributed by atoms with Gasteiger partial charge < -0.3 is 20.1 Å². The van der Waals surface area contributed by atoms with Gasteiger partial charge in [0.1, 0.15) is 11.6 Å². The van der Waals surface area contributed by atoms with Gasteiger partial charge in [-0.05, 0) is 67.4 Å². The quantitative estimate of drug-likeness (QED) is 0.540. The number of benzene rings is 1. The maximum atomic E-state index is 14.2. The number of amides is 2. The second-order valence-electron chi connectivity index (χ2n) is 11.0. The van der Waals surface area contributed by atoms with E-state index < -0.39 is 11.7 Å². The fourth-order valence-corrected chi connectivity index (χ4v) is 5.17. The number of nitrogens with one attached hydrogen (secondary N) is 1. The van der Waals surface area contributed by atoms with Crippen LogP contribution in [0.15, 0.2) is 18.2 Å². The first kappa shape index (κ1) is 25.5. The Balaban J connectivity index is 1.32. The Hall–Kier alpha value is -2.15. The predicted molar refractivity (Wildman–Crippen MR) is 126 cm³/mol. The van der Waals surface area contributed by atoms with Crippen LogP contribution in [0.1, 0.15) is 76.1 Å². The minimum absolute atomic E-state index is 0.0403. The number of aliphatic hydroxyl groups excluding tert-OH is 1. The average molecular weight is 463 g/mol. The lowest BCUT2D eigenvalue weighted by atomic mass is 9.56. The number of carbonyl (C=O) groups excluding carboxylic acids is 2. The largest absolute Gasteiger partial charge is 0.493 e. The van der Waals surface area contributed by atoms with E-state index in [-0.39, 0.29) is 24.1 Å². The van der Waals surface area contributed by atoms with Gasteiger partial charge in [0.25, 0.3) is 5.91 Å². The van der Waals surface area contributed by atoms with E-state index in [0.717, 1.165) is 38.8 Å². The molecule has 0 unspecified atom stereocenters. The summed E-state index contributed by atoms with van der Waals surface area (Å²) in [7, 11) is 0. The van der Waals surface area contributed by atoms with E-state index in [4.69, 9.17) is 9.84 Å². The highest BCUT2D eigenvalue weighted by Gasteiger charge is 2.45. The van der Waals surface area contributed by atoms with Gasteiger partial charge in [-0.15, -0.1) is 0 Å². The summed E-state index contributed by atoms with van der Waals surface area (Å²) < 4.78 is 19.8. The lowest BCUT2D eigenvalue weighted by molar-refractivity contribution is -0.137. The second-order valence-corrected chi connectivity index (χ2v) is 11.0. The number of rotatable bonds is 9. The van der Waals surface area contributed by atoms with Crippen molar-refractivity contribution in [3.63, 3.8) is 0 Å². The lowest BCUT2D eigenvalue weighted by Crippen LogP contribution is -2.49. The molecule has 3 rings (SSSR count). The van der Waals surface area contributed by atoms with Crippen LogP contribution < -0.4 is 10.1 Å². The van der Waals surface area contributed by atoms with Crippen LogP contribution in [0.2, 0.25) is 0 Å². The van der Waals surface area contributed by atoms with Crippen LogP contribution >= 0.6 is 0 Å². The molecule has 33 heavy (non-hydrogen) atoms. The Morgan fingerprint density at radius 1 is 1.24 bits per heavy atom. The topological polar surface area (TPSA) is 78.9 Å². The van der Waals surface area contributed by atoms with Gasteiger partial charge in [-0.1, -0.05) is 20.8 Å². The normalized spacial score (nSPS) is 18.2. The maximum Gasteiger partial charge on any atom is 0.254 e. The Morgan fingerprint density at radius 3 is 2.55 bits per heavy atom. The fraction of sp³-hybridized carbons (Fsp3) is 0.692. The molecule has 1 aromatic rings. The third-order valence-electron chi connectivity index (χ3n) is 6.91. The van der Waals surface area contributed by atoms with E-state index in [9.17, 15) is 14.0 Å². The van der Waals surface area contributed by atoms with Crippen LogP contribution in [0, 0.1) is 22.6 Å². The molecule has 1 spiro atoms. The molecule has 0 atom stereocenters. The highest BCUT2D eigenvalue weighted by Crippen LogP contribution is 2.54. The van der Waals surface area contributed by atoms with Crippen molar-refractivity contribution in [1.82, 2.24) is 10.2 Å². The van der Waals surface area contributed by atoms with Gasteiger partial charge in [0, 0.05) is 32.1 Å². The first-order valence-electron chi connectivity index (χ1n) is 12.2. The monoisotopic (exact) mass is 462 g/mol. The van der Waals surface area contributed by atoms with E-state index in [0.29, 0.717) is 36.0 Å².